The van der Waals surface area contributed by atoms with Gasteiger partial charge in [0, 0.05) is 18.8 Å². The van der Waals surface area contributed by atoms with Gasteiger partial charge in [0.15, 0.2) is 11.6 Å². The van der Waals surface area contributed by atoms with E-state index in [1.807, 2.05) is 0 Å². The van der Waals surface area contributed by atoms with Gasteiger partial charge in [0.1, 0.15) is 0 Å². The predicted octanol–water partition coefficient (Wildman–Crippen LogP) is 1.46. The van der Waals surface area contributed by atoms with Gasteiger partial charge in [-0.2, -0.15) is 0 Å². The molecule has 0 aliphatic heterocycles. The molecule has 0 radical (unpaired) electrons. The van der Waals surface area contributed by atoms with Gasteiger partial charge in [-0.3, -0.25) is 4.79 Å². The Morgan fingerprint density at radius 1 is 1.42 bits per heavy atom. The quantitative estimate of drug-likeness (QED) is 0.632. The average molecular weight is 162 g/mol. The number of aromatic nitrogens is 2. The molecule has 1 fully saturated rings. The molecule has 2 rings (SSSR count). The van der Waals surface area contributed by atoms with E-state index in [1.165, 1.54) is 12.8 Å². The summed E-state index contributed by atoms with van der Waals surface area (Å²) < 4.78 is 0. The van der Waals surface area contributed by atoms with Gasteiger partial charge in [-0.25, -0.2) is 9.97 Å². The van der Waals surface area contributed by atoms with Crippen LogP contribution in [-0.2, 0) is 0 Å². The standard InChI is InChI=1S/C9H10N2O/c12-8(6-7-2-3-7)9-10-4-1-5-11-9/h1,4-5,7H,2-3,6H2. The fourth-order valence-corrected chi connectivity index (χ4v) is 1.12. The molecule has 0 amide bonds. The van der Waals surface area contributed by atoms with Crippen LogP contribution in [0, 0.1) is 5.92 Å². The first kappa shape index (κ1) is 7.40. The lowest BCUT2D eigenvalue weighted by Gasteiger charge is -1.95. The molecule has 0 aromatic carbocycles. The van der Waals surface area contributed by atoms with Crippen LogP contribution < -0.4 is 0 Å². The molecule has 0 saturated heterocycles. The number of hydrogen-bond acceptors (Lipinski definition) is 3. The van der Waals surface area contributed by atoms with Crippen molar-refractivity contribution in [2.45, 2.75) is 19.3 Å². The fourth-order valence-electron chi connectivity index (χ4n) is 1.12. The van der Waals surface area contributed by atoms with Crippen molar-refractivity contribution in [3.8, 4) is 0 Å². The topological polar surface area (TPSA) is 42.9 Å². The highest BCUT2D eigenvalue weighted by molar-refractivity contribution is 5.92. The second-order valence-electron chi connectivity index (χ2n) is 3.14. The summed E-state index contributed by atoms with van der Waals surface area (Å²) in [4.78, 5) is 19.2. The Morgan fingerprint density at radius 3 is 2.67 bits per heavy atom. The first-order valence-corrected chi connectivity index (χ1v) is 4.16. The average Bonchev–Trinajstić information content (AvgIpc) is 2.90. The molecule has 1 heterocycles. The van der Waals surface area contributed by atoms with Crippen molar-refractivity contribution in [3.05, 3.63) is 24.3 Å². The zero-order valence-corrected chi connectivity index (χ0v) is 6.73. The summed E-state index contributed by atoms with van der Waals surface area (Å²) in [5, 5.41) is 0. The molecule has 1 aliphatic carbocycles. The fraction of sp³-hybridized carbons (Fsp3) is 0.444. The molecule has 0 N–H and O–H groups in total. The molecule has 1 saturated carbocycles. The largest absolute Gasteiger partial charge is 0.291 e. The molecule has 0 bridgehead atoms. The van der Waals surface area contributed by atoms with Crippen LogP contribution in [0.3, 0.4) is 0 Å². The second kappa shape index (κ2) is 3.01. The van der Waals surface area contributed by atoms with E-state index in [2.05, 4.69) is 9.97 Å². The van der Waals surface area contributed by atoms with Crippen molar-refractivity contribution >= 4 is 5.78 Å². The number of carbonyl (C=O) groups excluding carboxylic acids is 1. The molecule has 0 atom stereocenters. The van der Waals surface area contributed by atoms with Crippen molar-refractivity contribution in [2.24, 2.45) is 5.92 Å². The lowest BCUT2D eigenvalue weighted by molar-refractivity contribution is 0.0966. The summed E-state index contributed by atoms with van der Waals surface area (Å²) in [5.74, 6) is 1.06. The molecule has 1 aliphatic rings. The third-order valence-electron chi connectivity index (χ3n) is 1.99. The number of rotatable bonds is 3. The lowest BCUT2D eigenvalue weighted by atomic mass is 10.2. The van der Waals surface area contributed by atoms with E-state index >= 15 is 0 Å². The Hall–Kier alpha value is -1.25. The van der Waals surface area contributed by atoms with Crippen LogP contribution in [0.25, 0.3) is 0 Å². The Balaban J connectivity index is 2.03. The normalized spacial score (nSPS) is 16.0. The maximum atomic E-state index is 11.4. The van der Waals surface area contributed by atoms with Gasteiger partial charge in [-0.1, -0.05) is 0 Å². The second-order valence-corrected chi connectivity index (χ2v) is 3.14. The van der Waals surface area contributed by atoms with E-state index in [0.29, 0.717) is 18.2 Å². The molecule has 62 valence electrons. The first-order valence-electron chi connectivity index (χ1n) is 4.16. The van der Waals surface area contributed by atoms with E-state index in [4.69, 9.17) is 0 Å². The van der Waals surface area contributed by atoms with Crippen molar-refractivity contribution in [1.82, 2.24) is 9.97 Å². The Bertz CT molecular complexity index is 280. The van der Waals surface area contributed by atoms with Crippen LogP contribution in [0.2, 0.25) is 0 Å². The van der Waals surface area contributed by atoms with Gasteiger partial charge in [-0.15, -0.1) is 0 Å². The van der Waals surface area contributed by atoms with Crippen molar-refractivity contribution in [1.29, 1.82) is 0 Å². The summed E-state index contributed by atoms with van der Waals surface area (Å²) in [6, 6.07) is 1.72. The molecule has 0 unspecified atom stereocenters. The summed E-state index contributed by atoms with van der Waals surface area (Å²) in [6.07, 6.45) is 6.22. The first-order chi connectivity index (χ1) is 5.86. The highest BCUT2D eigenvalue weighted by atomic mass is 16.1. The highest BCUT2D eigenvalue weighted by Gasteiger charge is 2.25. The van der Waals surface area contributed by atoms with Gasteiger partial charge in [0.2, 0.25) is 0 Å². The minimum Gasteiger partial charge on any atom is -0.291 e. The van der Waals surface area contributed by atoms with Gasteiger partial charge in [0.25, 0.3) is 0 Å². The van der Waals surface area contributed by atoms with Gasteiger partial charge in [-0.05, 0) is 24.8 Å². The Kier molecular flexibility index (Phi) is 1.86. The Morgan fingerprint density at radius 2 is 2.08 bits per heavy atom. The number of ketones is 1. The van der Waals surface area contributed by atoms with Crippen LogP contribution >= 0.6 is 0 Å². The van der Waals surface area contributed by atoms with Gasteiger partial charge >= 0.3 is 0 Å². The highest BCUT2D eigenvalue weighted by Crippen LogP contribution is 2.32. The summed E-state index contributed by atoms with van der Waals surface area (Å²) >= 11 is 0. The number of hydrogen-bond donors (Lipinski definition) is 0. The van der Waals surface area contributed by atoms with E-state index in [0.717, 1.165) is 0 Å². The minimum absolute atomic E-state index is 0.0816. The van der Waals surface area contributed by atoms with Crippen LogP contribution in [0.4, 0.5) is 0 Å². The molecule has 1 aromatic heterocycles. The third-order valence-corrected chi connectivity index (χ3v) is 1.99. The molecule has 12 heavy (non-hydrogen) atoms. The zero-order chi connectivity index (χ0) is 8.39. The number of Topliss-reactive ketones (excluding diaryl/α,β-unsaturated/α-hetero) is 1. The van der Waals surface area contributed by atoms with Gasteiger partial charge in [0.05, 0.1) is 0 Å². The number of nitrogens with zero attached hydrogens (tertiary/aromatic N) is 2. The summed E-state index contributed by atoms with van der Waals surface area (Å²) in [7, 11) is 0. The predicted molar refractivity (Wildman–Crippen MR) is 43.7 cm³/mol. The Labute approximate surface area is 70.9 Å². The van der Waals surface area contributed by atoms with E-state index in [9.17, 15) is 4.79 Å². The minimum atomic E-state index is 0.0816. The van der Waals surface area contributed by atoms with Crippen LogP contribution in [0.1, 0.15) is 29.9 Å². The molecular formula is C9H10N2O. The maximum absolute atomic E-state index is 11.4. The van der Waals surface area contributed by atoms with E-state index in [1.54, 1.807) is 18.5 Å². The van der Waals surface area contributed by atoms with E-state index < -0.39 is 0 Å². The zero-order valence-electron chi connectivity index (χ0n) is 6.73. The summed E-state index contributed by atoms with van der Waals surface area (Å²) in [6.45, 7) is 0. The molecule has 1 aromatic rings. The SMILES string of the molecule is O=C(CC1CC1)c1ncccn1. The monoisotopic (exact) mass is 162 g/mol. The lowest BCUT2D eigenvalue weighted by Crippen LogP contribution is -2.04. The van der Waals surface area contributed by atoms with E-state index in [-0.39, 0.29) is 5.78 Å². The third kappa shape index (κ3) is 1.67. The summed E-state index contributed by atoms with van der Waals surface area (Å²) in [5.41, 5.74) is 0. The van der Waals surface area contributed by atoms with Crippen molar-refractivity contribution in [3.63, 3.8) is 0 Å². The molecular weight excluding hydrogens is 152 g/mol. The molecule has 0 spiro atoms. The number of carbonyl (C=O) groups is 1. The van der Waals surface area contributed by atoms with Crippen molar-refractivity contribution in [2.75, 3.05) is 0 Å². The molecule has 3 heteroatoms. The van der Waals surface area contributed by atoms with Crippen LogP contribution in [-0.4, -0.2) is 15.8 Å². The smallest absolute Gasteiger partial charge is 0.200 e. The van der Waals surface area contributed by atoms with Crippen LogP contribution in [0.5, 0.6) is 0 Å². The maximum Gasteiger partial charge on any atom is 0.200 e. The molecule has 3 nitrogen and oxygen atoms in total. The van der Waals surface area contributed by atoms with Crippen LogP contribution in [0.15, 0.2) is 18.5 Å². The van der Waals surface area contributed by atoms with Crippen molar-refractivity contribution < 1.29 is 4.79 Å². The van der Waals surface area contributed by atoms with Gasteiger partial charge < -0.3 is 0 Å².